The number of carbonyl (C=O) groups is 2. The second-order valence-electron chi connectivity index (χ2n) is 6.52. The number of furan rings is 1. The minimum Gasteiger partial charge on any atom is -0.465 e. The first-order chi connectivity index (χ1) is 13.4. The number of nitrogens with one attached hydrogen (secondary N) is 2. The average molecular weight is 389 g/mol. The van der Waals surface area contributed by atoms with Crippen molar-refractivity contribution in [3.8, 4) is 0 Å². The number of likely N-dealkylation sites (N-methyl/N-ethyl adjacent to an activating group) is 1. The number of quaternary nitrogens is 1. The number of piperazine rings is 1. The molecule has 1 aromatic carbocycles. The molecule has 10 heteroatoms. The van der Waals surface area contributed by atoms with Crippen molar-refractivity contribution in [2.45, 2.75) is 0 Å². The van der Waals surface area contributed by atoms with Gasteiger partial charge in [-0.15, -0.1) is 0 Å². The Kier molecular flexibility index (Phi) is 5.59. The third-order valence-electron chi connectivity index (χ3n) is 4.62. The van der Waals surface area contributed by atoms with Crippen molar-refractivity contribution in [2.75, 3.05) is 50.6 Å². The lowest BCUT2D eigenvalue weighted by molar-refractivity contribution is -0.880. The molecule has 0 radical (unpaired) electrons. The molecule has 1 aliphatic heterocycles. The smallest absolute Gasteiger partial charge is 0.433 e. The molecule has 1 aliphatic rings. The fourth-order valence-electron chi connectivity index (χ4n) is 3.02. The predicted molar refractivity (Wildman–Crippen MR) is 99.9 cm³/mol. The molecule has 28 heavy (non-hydrogen) atoms. The van der Waals surface area contributed by atoms with Gasteiger partial charge in [-0.3, -0.25) is 14.9 Å². The third kappa shape index (κ3) is 4.12. The number of hydrogen-bond acceptors (Lipinski definition) is 7. The summed E-state index contributed by atoms with van der Waals surface area (Å²) in [6, 6.07) is 7.27. The van der Waals surface area contributed by atoms with Crippen LogP contribution in [-0.2, 0) is 4.74 Å². The molecule has 2 heterocycles. The maximum atomic E-state index is 12.5. The number of esters is 1. The van der Waals surface area contributed by atoms with Gasteiger partial charge in [0.15, 0.2) is 5.76 Å². The summed E-state index contributed by atoms with van der Waals surface area (Å²) >= 11 is 0. The zero-order valence-electron chi connectivity index (χ0n) is 15.6. The van der Waals surface area contributed by atoms with Crippen LogP contribution in [-0.4, -0.2) is 57.1 Å². The van der Waals surface area contributed by atoms with Crippen LogP contribution in [0, 0.1) is 10.1 Å². The molecule has 0 atom stereocenters. The molecule has 0 bridgehead atoms. The van der Waals surface area contributed by atoms with E-state index in [-0.39, 0.29) is 11.3 Å². The van der Waals surface area contributed by atoms with Crippen molar-refractivity contribution in [1.82, 2.24) is 0 Å². The number of rotatable bonds is 5. The molecule has 0 saturated carbocycles. The number of nitrogens with zero attached hydrogens (tertiary/aromatic N) is 2. The van der Waals surface area contributed by atoms with E-state index in [4.69, 9.17) is 9.15 Å². The second kappa shape index (κ2) is 8.09. The Morgan fingerprint density at radius 1 is 1.25 bits per heavy atom. The molecule has 1 saturated heterocycles. The van der Waals surface area contributed by atoms with E-state index in [1.807, 2.05) is 0 Å². The molecule has 0 unspecified atom stereocenters. The molecule has 0 aliphatic carbocycles. The average Bonchev–Trinajstić information content (AvgIpc) is 3.19. The number of amides is 1. The summed E-state index contributed by atoms with van der Waals surface area (Å²) in [7, 11) is 3.39. The lowest BCUT2D eigenvalue weighted by Gasteiger charge is -2.33. The lowest BCUT2D eigenvalue weighted by Crippen LogP contribution is -3.12. The molecule has 2 N–H and O–H groups in total. The predicted octanol–water partition coefficient (Wildman–Crippen LogP) is 0.561. The fourth-order valence-corrected chi connectivity index (χ4v) is 3.02. The van der Waals surface area contributed by atoms with Gasteiger partial charge in [-0.05, 0) is 24.3 Å². The number of nitro groups is 1. The topological polar surface area (TPSA) is 119 Å². The van der Waals surface area contributed by atoms with Crippen molar-refractivity contribution in [3.63, 3.8) is 0 Å². The zero-order valence-corrected chi connectivity index (χ0v) is 15.6. The van der Waals surface area contributed by atoms with Crippen LogP contribution in [0.2, 0.25) is 0 Å². The molecule has 10 nitrogen and oxygen atoms in total. The van der Waals surface area contributed by atoms with Gasteiger partial charge in [0.2, 0.25) is 0 Å². The highest BCUT2D eigenvalue weighted by Gasteiger charge is 2.23. The molecule has 148 valence electrons. The Morgan fingerprint density at radius 2 is 1.96 bits per heavy atom. The van der Waals surface area contributed by atoms with Gasteiger partial charge < -0.3 is 24.3 Å². The van der Waals surface area contributed by atoms with Crippen LogP contribution >= 0.6 is 0 Å². The highest BCUT2D eigenvalue weighted by molar-refractivity contribution is 6.05. The van der Waals surface area contributed by atoms with E-state index >= 15 is 0 Å². The largest absolute Gasteiger partial charge is 0.465 e. The number of carbonyl (C=O) groups excluding carboxylic acids is 2. The molecular weight excluding hydrogens is 368 g/mol. The first kappa shape index (κ1) is 19.4. The minimum absolute atomic E-state index is 0.191. The summed E-state index contributed by atoms with van der Waals surface area (Å²) in [6.45, 7) is 3.46. The lowest BCUT2D eigenvalue weighted by atomic mass is 10.1. The van der Waals surface area contributed by atoms with Crippen molar-refractivity contribution >= 4 is 29.1 Å². The van der Waals surface area contributed by atoms with Gasteiger partial charge in [0, 0.05) is 0 Å². The molecule has 3 rings (SSSR count). The highest BCUT2D eigenvalue weighted by atomic mass is 16.6. The van der Waals surface area contributed by atoms with Crippen LogP contribution < -0.4 is 15.1 Å². The molecule has 0 spiro atoms. The van der Waals surface area contributed by atoms with Gasteiger partial charge in [0.25, 0.3) is 5.91 Å². The Labute approximate surface area is 160 Å². The minimum atomic E-state index is -0.716. The Hall–Kier alpha value is -3.40. The summed E-state index contributed by atoms with van der Waals surface area (Å²) in [5.41, 5.74) is 1.45. The van der Waals surface area contributed by atoms with Crippen LogP contribution in [0.15, 0.2) is 34.7 Å². The maximum Gasteiger partial charge on any atom is 0.433 e. The van der Waals surface area contributed by atoms with E-state index < -0.39 is 22.7 Å². The van der Waals surface area contributed by atoms with Gasteiger partial charge in [-0.2, -0.15) is 0 Å². The molecule has 2 aromatic rings. The number of anilines is 2. The van der Waals surface area contributed by atoms with Crippen LogP contribution in [0.4, 0.5) is 17.3 Å². The monoisotopic (exact) mass is 389 g/mol. The zero-order chi connectivity index (χ0) is 20.3. The van der Waals surface area contributed by atoms with Gasteiger partial charge in [-0.25, -0.2) is 4.79 Å². The van der Waals surface area contributed by atoms with E-state index in [2.05, 4.69) is 17.3 Å². The van der Waals surface area contributed by atoms with Crippen molar-refractivity contribution in [1.29, 1.82) is 0 Å². The number of benzene rings is 1. The third-order valence-corrected chi connectivity index (χ3v) is 4.62. The van der Waals surface area contributed by atoms with E-state index in [0.29, 0.717) is 5.69 Å². The summed E-state index contributed by atoms with van der Waals surface area (Å²) in [5.74, 6) is -1.88. The van der Waals surface area contributed by atoms with Crippen molar-refractivity contribution < 1.29 is 28.6 Å². The number of hydrogen-bond donors (Lipinski definition) is 2. The Balaban J connectivity index is 1.90. The van der Waals surface area contributed by atoms with Crippen LogP contribution in [0.5, 0.6) is 0 Å². The van der Waals surface area contributed by atoms with Gasteiger partial charge in [-0.1, -0.05) is 0 Å². The number of methoxy groups -OCH3 is 1. The van der Waals surface area contributed by atoms with Crippen molar-refractivity contribution in [3.05, 3.63) is 51.8 Å². The summed E-state index contributed by atoms with van der Waals surface area (Å²) in [5, 5.41) is 13.5. The summed E-state index contributed by atoms with van der Waals surface area (Å²) < 4.78 is 9.71. The SMILES string of the molecule is COC(=O)c1ccc(N2CC[NH+](C)CC2)c(NC(=O)c2ccc([N+](=O)[O-])o2)c1. The number of ether oxygens (including phenoxy) is 1. The Bertz CT molecular complexity index is 901. The van der Waals surface area contributed by atoms with Gasteiger partial charge in [0.1, 0.15) is 4.92 Å². The standard InChI is InChI=1S/C18H20N4O6/c1-20-7-9-21(10-8-20)14-4-3-12(18(24)27-2)11-13(14)19-17(23)15-5-6-16(28-15)22(25)26/h3-6,11H,7-10H2,1-2H3,(H,19,23)/p+1. The molecule has 1 amide bonds. The van der Waals surface area contributed by atoms with E-state index in [0.717, 1.165) is 37.9 Å². The summed E-state index contributed by atoms with van der Waals surface area (Å²) in [6.07, 6.45) is 0. The second-order valence-corrected chi connectivity index (χ2v) is 6.52. The van der Waals surface area contributed by atoms with E-state index in [1.165, 1.54) is 24.1 Å². The van der Waals surface area contributed by atoms with Crippen LogP contribution in [0.1, 0.15) is 20.9 Å². The van der Waals surface area contributed by atoms with Gasteiger partial charge in [0.05, 0.1) is 63.3 Å². The molecule has 1 aromatic heterocycles. The quantitative estimate of drug-likeness (QED) is 0.436. The Morgan fingerprint density at radius 3 is 2.57 bits per heavy atom. The van der Waals surface area contributed by atoms with E-state index in [1.54, 1.807) is 12.1 Å². The van der Waals surface area contributed by atoms with Crippen LogP contribution in [0.3, 0.4) is 0 Å². The molecular formula is C18H21N4O6+. The maximum absolute atomic E-state index is 12.5. The van der Waals surface area contributed by atoms with Crippen LogP contribution in [0.25, 0.3) is 0 Å². The van der Waals surface area contributed by atoms with Gasteiger partial charge >= 0.3 is 11.9 Å². The van der Waals surface area contributed by atoms with E-state index in [9.17, 15) is 19.7 Å². The first-order valence-electron chi connectivity index (χ1n) is 8.73. The normalized spacial score (nSPS) is 14.6. The summed E-state index contributed by atoms with van der Waals surface area (Å²) in [4.78, 5) is 38.0. The molecule has 1 fully saturated rings. The van der Waals surface area contributed by atoms with Crippen molar-refractivity contribution in [2.24, 2.45) is 0 Å². The highest BCUT2D eigenvalue weighted by Crippen LogP contribution is 2.29. The first-order valence-corrected chi connectivity index (χ1v) is 8.73. The fraction of sp³-hybridized carbons (Fsp3) is 0.333.